The monoisotopic (exact) mass is 247 g/mol. The minimum atomic E-state index is -0.240. The van der Waals surface area contributed by atoms with E-state index in [0.717, 1.165) is 25.1 Å². The lowest BCUT2D eigenvalue weighted by Gasteiger charge is -1.99. The topological polar surface area (TPSA) is 51.0 Å². The number of hydrogen-bond donors (Lipinski definition) is 1. The molecule has 3 rings (SSSR count). The third-order valence-electron chi connectivity index (χ3n) is 3.14. The van der Waals surface area contributed by atoms with Crippen LogP contribution in [0.2, 0.25) is 0 Å². The van der Waals surface area contributed by atoms with Crippen molar-refractivity contribution in [1.82, 2.24) is 15.5 Å². The Kier molecular flexibility index (Phi) is 3.06. The Bertz CT molecular complexity index is 535. The Morgan fingerprint density at radius 3 is 3.17 bits per heavy atom. The van der Waals surface area contributed by atoms with Crippen molar-refractivity contribution in [3.05, 3.63) is 47.4 Å². The second-order valence-corrected chi connectivity index (χ2v) is 4.55. The summed E-state index contributed by atoms with van der Waals surface area (Å²) in [7, 11) is 0. The van der Waals surface area contributed by atoms with Crippen molar-refractivity contribution in [2.45, 2.75) is 18.8 Å². The first-order valence-electron chi connectivity index (χ1n) is 6.09. The first-order chi connectivity index (χ1) is 8.81. The van der Waals surface area contributed by atoms with E-state index < -0.39 is 0 Å². The smallest absolute Gasteiger partial charge is 0.231 e. The lowest BCUT2D eigenvalue weighted by atomic mass is 10.1. The van der Waals surface area contributed by atoms with Gasteiger partial charge in [-0.3, -0.25) is 0 Å². The predicted molar refractivity (Wildman–Crippen MR) is 63.7 cm³/mol. The molecular weight excluding hydrogens is 233 g/mol. The number of halogens is 1. The number of rotatable bonds is 3. The molecule has 1 saturated heterocycles. The third kappa shape index (κ3) is 2.41. The fourth-order valence-electron chi connectivity index (χ4n) is 2.20. The van der Waals surface area contributed by atoms with Crippen LogP contribution in [0.1, 0.15) is 29.6 Å². The molecule has 94 valence electrons. The van der Waals surface area contributed by atoms with Crippen LogP contribution in [-0.4, -0.2) is 23.2 Å². The normalized spacial score (nSPS) is 19.3. The summed E-state index contributed by atoms with van der Waals surface area (Å²) in [5.41, 5.74) is 0.854. The second kappa shape index (κ2) is 4.86. The van der Waals surface area contributed by atoms with Gasteiger partial charge >= 0.3 is 0 Å². The van der Waals surface area contributed by atoms with Gasteiger partial charge in [0, 0.05) is 13.0 Å². The van der Waals surface area contributed by atoms with Gasteiger partial charge in [0.25, 0.3) is 0 Å². The molecule has 5 heteroatoms. The summed E-state index contributed by atoms with van der Waals surface area (Å²) in [6.45, 7) is 1.88. The highest BCUT2D eigenvalue weighted by Gasteiger charge is 2.22. The van der Waals surface area contributed by atoms with Gasteiger partial charge in [-0.2, -0.15) is 4.98 Å². The number of hydrogen-bond acceptors (Lipinski definition) is 4. The summed E-state index contributed by atoms with van der Waals surface area (Å²) in [6.07, 6.45) is 1.53. The molecule has 1 atom stereocenters. The molecule has 0 amide bonds. The van der Waals surface area contributed by atoms with Crippen molar-refractivity contribution in [3.63, 3.8) is 0 Å². The molecule has 0 bridgehead atoms. The molecule has 4 nitrogen and oxygen atoms in total. The summed E-state index contributed by atoms with van der Waals surface area (Å²) in [4.78, 5) is 4.38. The van der Waals surface area contributed by atoms with Crippen molar-refractivity contribution in [2.75, 3.05) is 13.1 Å². The number of aromatic nitrogens is 2. The highest BCUT2D eigenvalue weighted by atomic mass is 19.1. The van der Waals surface area contributed by atoms with Gasteiger partial charge in [0.05, 0.1) is 5.92 Å². The Balaban J connectivity index is 1.73. The lowest BCUT2D eigenvalue weighted by molar-refractivity contribution is 0.355. The minimum Gasteiger partial charge on any atom is -0.339 e. The average molecular weight is 247 g/mol. The quantitative estimate of drug-likeness (QED) is 0.899. The Labute approximate surface area is 104 Å². The van der Waals surface area contributed by atoms with Crippen LogP contribution in [0.25, 0.3) is 0 Å². The van der Waals surface area contributed by atoms with Crippen molar-refractivity contribution >= 4 is 0 Å². The van der Waals surface area contributed by atoms with E-state index in [0.29, 0.717) is 24.1 Å². The molecule has 1 aliphatic rings. The molecule has 2 aromatic rings. The van der Waals surface area contributed by atoms with Crippen molar-refractivity contribution in [3.8, 4) is 0 Å². The van der Waals surface area contributed by atoms with Gasteiger partial charge in [-0.15, -0.1) is 0 Å². The first kappa shape index (κ1) is 11.3. The van der Waals surface area contributed by atoms with Gasteiger partial charge < -0.3 is 9.84 Å². The molecule has 0 aliphatic carbocycles. The zero-order valence-electron chi connectivity index (χ0n) is 9.90. The third-order valence-corrected chi connectivity index (χ3v) is 3.14. The molecule has 2 heterocycles. The van der Waals surface area contributed by atoms with E-state index in [2.05, 4.69) is 15.5 Å². The molecule has 0 spiro atoms. The fourth-order valence-corrected chi connectivity index (χ4v) is 2.20. The molecule has 1 aliphatic heterocycles. The fraction of sp³-hybridized carbons (Fsp3) is 0.385. The summed E-state index contributed by atoms with van der Waals surface area (Å²) in [6, 6.07) is 6.46. The van der Waals surface area contributed by atoms with Gasteiger partial charge in [-0.05, 0) is 30.7 Å². The van der Waals surface area contributed by atoms with Crippen molar-refractivity contribution in [1.29, 1.82) is 0 Å². The summed E-state index contributed by atoms with van der Waals surface area (Å²) >= 11 is 0. The van der Waals surface area contributed by atoms with Crippen molar-refractivity contribution in [2.24, 2.45) is 0 Å². The summed E-state index contributed by atoms with van der Waals surface area (Å²) < 4.78 is 18.3. The molecule has 1 fully saturated rings. The van der Waals surface area contributed by atoms with Gasteiger partial charge in [-0.1, -0.05) is 17.3 Å². The van der Waals surface area contributed by atoms with Crippen LogP contribution in [0.5, 0.6) is 0 Å². The van der Waals surface area contributed by atoms with E-state index in [4.69, 9.17) is 4.52 Å². The predicted octanol–water partition coefficient (Wildman–Crippen LogP) is 1.88. The summed E-state index contributed by atoms with van der Waals surface area (Å²) in [5.74, 6) is 1.38. The maximum absolute atomic E-state index is 13.0. The average Bonchev–Trinajstić information content (AvgIpc) is 2.98. The molecular formula is C13H14FN3O. The van der Waals surface area contributed by atoms with Crippen molar-refractivity contribution < 1.29 is 8.91 Å². The van der Waals surface area contributed by atoms with Gasteiger partial charge in [0.15, 0.2) is 5.82 Å². The van der Waals surface area contributed by atoms with Crippen LogP contribution in [-0.2, 0) is 6.42 Å². The van der Waals surface area contributed by atoms with E-state index in [1.54, 1.807) is 6.07 Å². The number of benzene rings is 1. The minimum absolute atomic E-state index is 0.240. The van der Waals surface area contributed by atoms with Crippen LogP contribution < -0.4 is 5.32 Å². The van der Waals surface area contributed by atoms with E-state index >= 15 is 0 Å². The molecule has 1 aromatic carbocycles. The van der Waals surface area contributed by atoms with Crippen LogP contribution in [0.3, 0.4) is 0 Å². The molecule has 1 aromatic heterocycles. The molecule has 1 N–H and O–H groups in total. The van der Waals surface area contributed by atoms with Crippen LogP contribution in [0.15, 0.2) is 28.8 Å². The Hall–Kier alpha value is -1.75. The SMILES string of the molecule is Fc1cccc(Cc2noc([C@H]3CCNC3)n2)c1. The molecule has 0 saturated carbocycles. The first-order valence-corrected chi connectivity index (χ1v) is 6.09. The van der Waals surface area contributed by atoms with Crippen LogP contribution in [0, 0.1) is 5.82 Å². The zero-order chi connectivity index (χ0) is 12.4. The van der Waals surface area contributed by atoms with Crippen LogP contribution >= 0.6 is 0 Å². The van der Waals surface area contributed by atoms with Gasteiger partial charge in [0.1, 0.15) is 5.82 Å². The van der Waals surface area contributed by atoms with E-state index in [1.165, 1.54) is 12.1 Å². The molecule has 0 radical (unpaired) electrons. The van der Waals surface area contributed by atoms with E-state index in [1.807, 2.05) is 6.07 Å². The standard InChI is InChI=1S/C13H14FN3O/c14-11-3-1-2-9(6-11)7-12-16-13(18-17-12)10-4-5-15-8-10/h1-3,6,10,15H,4-5,7-8H2/t10-/m0/s1. The molecule has 0 unspecified atom stereocenters. The maximum Gasteiger partial charge on any atom is 0.231 e. The largest absolute Gasteiger partial charge is 0.339 e. The Morgan fingerprint density at radius 2 is 2.39 bits per heavy atom. The van der Waals surface area contributed by atoms with E-state index in [9.17, 15) is 4.39 Å². The van der Waals surface area contributed by atoms with Crippen LogP contribution in [0.4, 0.5) is 4.39 Å². The zero-order valence-corrected chi connectivity index (χ0v) is 9.90. The molecule has 18 heavy (non-hydrogen) atoms. The second-order valence-electron chi connectivity index (χ2n) is 4.55. The van der Waals surface area contributed by atoms with E-state index in [-0.39, 0.29) is 5.82 Å². The summed E-state index contributed by atoms with van der Waals surface area (Å²) in [5, 5.41) is 7.21. The highest BCUT2D eigenvalue weighted by Crippen LogP contribution is 2.20. The number of nitrogens with one attached hydrogen (secondary N) is 1. The van der Waals surface area contributed by atoms with Gasteiger partial charge in [-0.25, -0.2) is 4.39 Å². The Morgan fingerprint density at radius 1 is 1.44 bits per heavy atom. The maximum atomic E-state index is 13.0. The van der Waals surface area contributed by atoms with Gasteiger partial charge in [0.2, 0.25) is 5.89 Å². The lowest BCUT2D eigenvalue weighted by Crippen LogP contribution is -2.08. The highest BCUT2D eigenvalue weighted by molar-refractivity contribution is 5.19. The number of nitrogens with zero attached hydrogens (tertiary/aromatic N) is 2.